The van der Waals surface area contributed by atoms with Gasteiger partial charge in [0.05, 0.1) is 0 Å². The van der Waals surface area contributed by atoms with Gasteiger partial charge in [-0.15, -0.1) is 0 Å². The number of aromatic hydroxyl groups is 2. The molecule has 21 heteroatoms. The lowest BCUT2D eigenvalue weighted by Gasteiger charge is -2.43. The number of carbonyl (C=O) groups excluding carboxylic acids is 8. The first kappa shape index (κ1) is 57.4. The zero-order valence-corrected chi connectivity index (χ0v) is 42.3. The molecule has 21 nitrogen and oxygen atoms in total. The summed E-state index contributed by atoms with van der Waals surface area (Å²) in [7, 11) is 1.34. The molecule has 7 amide bonds. The van der Waals surface area contributed by atoms with Crippen LogP contribution >= 0.6 is 0 Å². The quantitative estimate of drug-likeness (QED) is 0.0688. The summed E-state index contributed by atoms with van der Waals surface area (Å²) in [5.74, 6) is -9.31. The number of aliphatic carboxylic acids is 1. The number of piperidine rings is 1. The highest BCUT2D eigenvalue weighted by atomic mass is 16.5. The lowest BCUT2D eigenvalue weighted by molar-refractivity contribution is -0.165. The van der Waals surface area contributed by atoms with Crippen LogP contribution in [0.25, 0.3) is 0 Å². The molecule has 3 aromatic rings. The topological polar surface area (TPSA) is 310 Å². The Morgan fingerprint density at radius 1 is 0.730 bits per heavy atom. The van der Waals surface area contributed by atoms with Crippen LogP contribution in [0.2, 0.25) is 0 Å². The summed E-state index contributed by atoms with van der Waals surface area (Å²) in [6, 6.07) is 9.53. The van der Waals surface area contributed by atoms with Crippen molar-refractivity contribution >= 4 is 53.3 Å². The Labute approximate surface area is 429 Å². The second kappa shape index (κ2) is 26.9. The number of nitrogens with one attached hydrogen (secondary N) is 5. The van der Waals surface area contributed by atoms with E-state index in [-0.39, 0.29) is 50.0 Å². The van der Waals surface area contributed by atoms with Crippen molar-refractivity contribution in [1.29, 1.82) is 0 Å². The predicted octanol–water partition coefficient (Wildman–Crippen LogP) is 1.73. The number of carboxylic acids is 1. The van der Waals surface area contributed by atoms with Gasteiger partial charge in [0.2, 0.25) is 41.4 Å². The van der Waals surface area contributed by atoms with Crippen molar-refractivity contribution in [2.24, 2.45) is 5.92 Å². The molecule has 2 saturated heterocycles. The maximum absolute atomic E-state index is 15.1. The summed E-state index contributed by atoms with van der Waals surface area (Å²) in [4.78, 5) is 129. The second-order valence-corrected chi connectivity index (χ2v) is 19.2. The molecule has 0 aromatic heterocycles. The van der Waals surface area contributed by atoms with Crippen LogP contribution in [0.3, 0.4) is 0 Å². The molecule has 74 heavy (non-hydrogen) atoms. The van der Waals surface area contributed by atoms with E-state index in [4.69, 9.17) is 4.74 Å². The van der Waals surface area contributed by atoms with Gasteiger partial charge in [0, 0.05) is 39.2 Å². The Bertz CT molecular complexity index is 2460. The highest BCUT2D eigenvalue weighted by molar-refractivity contribution is 5.98. The standard InChI is InChI=1S/C53H69N7O14/c1-6-7-9-14-42(63)54-37(24-26-44(65)66)47(67)58-46-31(4)74-53(73)45(30(2)3)57-49(69)40(28-34-17-21-36(62)22-18-34)59(5)52(72)41(29-32-12-10-8-11-13-32)60-43(64)25-23-38(51(60)71)55-48(68)39(56-50(46)70)27-33-15-19-35(61)20-16-33/h8,10-13,15-22,30-31,37-41,43,45-46,61-62,64H,6-7,9,14,23-29H2,1-5H3,(H,54,63)(H,55,68)(H,56,70)(H,57,69)(H,58,67)(H,65,66)/t31-,37+,38+,39+,40+,41+,43-,45+,46+/m1/s1. The molecule has 0 radical (unpaired) electrons. The minimum absolute atomic E-state index is 0.0205. The normalized spacial score (nSPS) is 23.8. The van der Waals surface area contributed by atoms with Crippen LogP contribution in [-0.4, -0.2) is 145 Å². The Balaban J connectivity index is 1.64. The van der Waals surface area contributed by atoms with Crippen molar-refractivity contribution in [3.8, 4) is 11.5 Å². The van der Waals surface area contributed by atoms with Crippen molar-refractivity contribution < 1.29 is 68.3 Å². The van der Waals surface area contributed by atoms with Crippen molar-refractivity contribution in [3.63, 3.8) is 0 Å². The molecule has 5 rings (SSSR count). The average Bonchev–Trinajstić information content (AvgIpc) is 3.36. The van der Waals surface area contributed by atoms with Gasteiger partial charge >= 0.3 is 11.9 Å². The van der Waals surface area contributed by atoms with Crippen LogP contribution in [0.4, 0.5) is 0 Å². The van der Waals surface area contributed by atoms with Gasteiger partial charge < -0.3 is 61.5 Å². The third-order valence-corrected chi connectivity index (χ3v) is 13.2. The summed E-state index contributed by atoms with van der Waals surface area (Å²) >= 11 is 0. The van der Waals surface area contributed by atoms with Gasteiger partial charge in [-0.3, -0.25) is 38.4 Å². The van der Waals surface area contributed by atoms with Gasteiger partial charge in [-0.1, -0.05) is 88.2 Å². The Morgan fingerprint density at radius 3 is 1.92 bits per heavy atom. The minimum Gasteiger partial charge on any atom is -0.508 e. The molecule has 9 atom stereocenters. The van der Waals surface area contributed by atoms with Gasteiger partial charge in [-0.25, -0.2) is 4.79 Å². The van der Waals surface area contributed by atoms with Crippen molar-refractivity contribution in [1.82, 2.24) is 36.4 Å². The summed E-state index contributed by atoms with van der Waals surface area (Å²) in [6.07, 6.45) is -2.92. The molecular formula is C53H69N7O14. The van der Waals surface area contributed by atoms with Crippen LogP contribution in [0.5, 0.6) is 11.5 Å². The largest absolute Gasteiger partial charge is 0.508 e. The predicted molar refractivity (Wildman–Crippen MR) is 267 cm³/mol. The molecule has 2 aliphatic heterocycles. The summed E-state index contributed by atoms with van der Waals surface area (Å²) in [6.45, 7) is 6.40. The molecule has 0 spiro atoms. The Kier molecular flexibility index (Phi) is 20.9. The number of nitrogens with zero attached hydrogens (tertiary/aromatic N) is 2. The Morgan fingerprint density at radius 2 is 1.32 bits per heavy atom. The summed E-state index contributed by atoms with van der Waals surface area (Å²) < 4.78 is 5.89. The second-order valence-electron chi connectivity index (χ2n) is 19.2. The number of aliphatic hydroxyl groups excluding tert-OH is 1. The van der Waals surface area contributed by atoms with Crippen LogP contribution in [-0.2, 0) is 67.2 Å². The smallest absolute Gasteiger partial charge is 0.329 e. The van der Waals surface area contributed by atoms with E-state index < -0.39 is 127 Å². The number of fused-ring (bicyclic) bond motifs is 2. The molecule has 0 saturated carbocycles. The van der Waals surface area contributed by atoms with Crippen LogP contribution in [0.15, 0.2) is 78.9 Å². The number of carboxylic acid groups (broad SMARTS) is 1. The number of carbonyl (C=O) groups is 9. The first-order valence-corrected chi connectivity index (χ1v) is 25.0. The average molecular weight is 1030 g/mol. The number of phenols is 2. The first-order valence-electron chi connectivity index (χ1n) is 25.0. The number of rotatable bonds is 17. The van der Waals surface area contributed by atoms with E-state index in [1.807, 2.05) is 6.92 Å². The number of hydrogen-bond donors (Lipinski definition) is 9. The molecule has 400 valence electrons. The number of benzene rings is 3. The number of cyclic esters (lactones) is 1. The summed E-state index contributed by atoms with van der Waals surface area (Å²) in [5, 5.41) is 54.4. The summed E-state index contributed by atoms with van der Waals surface area (Å²) in [5.41, 5.74) is 1.49. The highest BCUT2D eigenvalue weighted by Gasteiger charge is 2.46. The van der Waals surface area contributed by atoms with Gasteiger partial charge in [0.25, 0.3) is 0 Å². The number of ether oxygens (including phenoxy) is 1. The van der Waals surface area contributed by atoms with Crippen LogP contribution in [0, 0.1) is 5.92 Å². The highest BCUT2D eigenvalue weighted by Crippen LogP contribution is 2.26. The number of aliphatic hydroxyl groups is 1. The minimum atomic E-state index is -1.86. The molecule has 2 heterocycles. The lowest BCUT2D eigenvalue weighted by atomic mass is 9.95. The number of phenolic OH excluding ortho intramolecular Hbond substituents is 2. The zero-order valence-electron chi connectivity index (χ0n) is 42.3. The van der Waals surface area contributed by atoms with Crippen LogP contribution in [0.1, 0.15) is 95.8 Å². The monoisotopic (exact) mass is 1030 g/mol. The number of likely N-dealkylation sites (N-methyl/N-ethyl adjacent to an activating group) is 1. The first-order chi connectivity index (χ1) is 35.2. The molecule has 2 bridgehead atoms. The van der Waals surface area contributed by atoms with Gasteiger partial charge in [0.15, 0.2) is 0 Å². The van der Waals surface area contributed by atoms with Gasteiger partial charge in [0.1, 0.15) is 66.1 Å². The maximum Gasteiger partial charge on any atom is 0.329 e. The number of unbranched alkanes of at least 4 members (excludes halogenated alkanes) is 2. The molecule has 3 aromatic carbocycles. The number of esters is 1. The van der Waals surface area contributed by atoms with Crippen molar-refractivity contribution in [2.75, 3.05) is 7.05 Å². The van der Waals surface area contributed by atoms with E-state index in [0.29, 0.717) is 29.5 Å². The number of hydrogen-bond acceptors (Lipinski definition) is 13. The lowest BCUT2D eigenvalue weighted by Crippen LogP contribution is -2.65. The van der Waals surface area contributed by atoms with E-state index in [9.17, 15) is 58.8 Å². The Hall–Kier alpha value is -7.55. The maximum atomic E-state index is 15.1. The van der Waals surface area contributed by atoms with E-state index in [0.717, 1.165) is 16.2 Å². The van der Waals surface area contributed by atoms with E-state index in [1.165, 1.54) is 62.5 Å². The zero-order chi connectivity index (χ0) is 54.2. The molecule has 9 N–H and O–H groups in total. The van der Waals surface area contributed by atoms with E-state index in [2.05, 4.69) is 26.6 Å². The molecule has 2 aliphatic rings. The SMILES string of the molecule is CCCCCC(=O)N[C@@H](CCC(=O)O)C(=O)N[C@@H]1C(=O)N[C@@H](Cc2ccc(O)cc2)C(=O)N[C@H]2CC[C@@H](O)N(C2=O)[C@@H](Cc2ccccc2)C(=O)N(C)[C@@H](Cc2ccc(O)cc2)C(=O)N[C@@H](C(C)C)C(=O)O[C@@H]1C. The van der Waals surface area contributed by atoms with Gasteiger partial charge in [-0.05, 0) is 79.5 Å². The van der Waals surface area contributed by atoms with E-state index in [1.54, 1.807) is 44.2 Å². The molecule has 0 unspecified atom stereocenters. The fourth-order valence-electron chi connectivity index (χ4n) is 8.86. The molecule has 2 fully saturated rings. The molecular weight excluding hydrogens is 959 g/mol. The van der Waals surface area contributed by atoms with Crippen molar-refractivity contribution in [3.05, 3.63) is 95.6 Å². The third-order valence-electron chi connectivity index (χ3n) is 13.2. The fourth-order valence-corrected chi connectivity index (χ4v) is 8.86. The van der Waals surface area contributed by atoms with Crippen LogP contribution < -0.4 is 26.6 Å². The van der Waals surface area contributed by atoms with Gasteiger partial charge in [-0.2, -0.15) is 0 Å². The number of amides is 7. The fraction of sp³-hybridized carbons (Fsp3) is 0.491. The van der Waals surface area contributed by atoms with E-state index >= 15 is 4.79 Å². The molecule has 0 aliphatic carbocycles. The third kappa shape index (κ3) is 16.0. The van der Waals surface area contributed by atoms with Crippen molar-refractivity contribution in [2.45, 2.75) is 153 Å².